The number of tetrazole rings is 1. The summed E-state index contributed by atoms with van der Waals surface area (Å²) in [6.07, 6.45) is 0. The van der Waals surface area contributed by atoms with Crippen LogP contribution in [0.15, 0.2) is 47.3 Å². The minimum absolute atomic E-state index is 0.106. The summed E-state index contributed by atoms with van der Waals surface area (Å²) in [6, 6.07) is 14.0. The molecular weight excluding hydrogens is 466 g/mol. The van der Waals surface area contributed by atoms with E-state index in [2.05, 4.69) is 82.3 Å². The number of piperazine rings is 1. The Labute approximate surface area is 217 Å². The molecule has 194 valence electrons. The van der Waals surface area contributed by atoms with Gasteiger partial charge in [-0.25, -0.2) is 4.68 Å². The van der Waals surface area contributed by atoms with Crippen molar-refractivity contribution in [1.82, 2.24) is 30.1 Å². The Kier molecular flexibility index (Phi) is 6.49. The maximum Gasteiger partial charge on any atom is 0.253 e. The number of benzene rings is 2. The summed E-state index contributed by atoms with van der Waals surface area (Å²) in [4.78, 5) is 21.4. The number of aryl methyl sites for hydroxylation is 2. The highest BCUT2D eigenvalue weighted by Crippen LogP contribution is 2.31. The number of pyridine rings is 1. The Hall–Kier alpha value is -3.72. The number of anilines is 1. The van der Waals surface area contributed by atoms with Crippen molar-refractivity contribution in [3.05, 3.63) is 75.3 Å². The number of methoxy groups -OCH3 is 1. The average Bonchev–Trinajstić information content (AvgIpc) is 3.36. The van der Waals surface area contributed by atoms with Gasteiger partial charge in [-0.15, -0.1) is 5.10 Å². The highest BCUT2D eigenvalue weighted by atomic mass is 16.5. The van der Waals surface area contributed by atoms with Crippen molar-refractivity contribution in [3.8, 4) is 5.75 Å². The molecular formula is C28H35N7O2. The molecule has 0 radical (unpaired) electrons. The van der Waals surface area contributed by atoms with Crippen molar-refractivity contribution in [1.29, 1.82) is 0 Å². The molecule has 5 rings (SSSR count). The second kappa shape index (κ2) is 9.63. The Morgan fingerprint density at radius 2 is 1.70 bits per heavy atom. The van der Waals surface area contributed by atoms with Crippen LogP contribution < -0.4 is 15.2 Å². The predicted molar refractivity (Wildman–Crippen MR) is 145 cm³/mol. The van der Waals surface area contributed by atoms with Crippen LogP contribution in [-0.2, 0) is 5.54 Å². The van der Waals surface area contributed by atoms with Crippen molar-refractivity contribution >= 4 is 16.6 Å². The number of aromatic nitrogens is 5. The molecule has 0 aliphatic carbocycles. The summed E-state index contributed by atoms with van der Waals surface area (Å²) in [7, 11) is 1.68. The lowest BCUT2D eigenvalue weighted by atomic mass is 9.99. The van der Waals surface area contributed by atoms with Gasteiger partial charge in [0.25, 0.3) is 5.56 Å². The molecule has 0 amide bonds. The highest BCUT2D eigenvalue weighted by molar-refractivity contribution is 5.83. The van der Waals surface area contributed by atoms with Gasteiger partial charge in [-0.1, -0.05) is 11.6 Å². The fourth-order valence-electron chi connectivity index (χ4n) is 5.28. The summed E-state index contributed by atoms with van der Waals surface area (Å²) >= 11 is 0. The van der Waals surface area contributed by atoms with Crippen molar-refractivity contribution < 1.29 is 4.74 Å². The number of rotatable bonds is 5. The van der Waals surface area contributed by atoms with Gasteiger partial charge < -0.3 is 14.6 Å². The lowest BCUT2D eigenvalue weighted by Gasteiger charge is -2.40. The topological polar surface area (TPSA) is 92.2 Å². The van der Waals surface area contributed by atoms with Gasteiger partial charge in [-0.3, -0.25) is 9.69 Å². The zero-order chi connectivity index (χ0) is 26.3. The van der Waals surface area contributed by atoms with Gasteiger partial charge in [0.1, 0.15) is 11.8 Å². The third-order valence-corrected chi connectivity index (χ3v) is 7.11. The summed E-state index contributed by atoms with van der Waals surface area (Å²) in [5.74, 6) is 1.53. The fraction of sp³-hybridized carbons (Fsp3) is 0.429. The number of fused-ring (bicyclic) bond motifs is 1. The molecule has 1 aliphatic heterocycles. The number of nitrogens with one attached hydrogen (secondary N) is 1. The van der Waals surface area contributed by atoms with E-state index in [1.807, 2.05) is 29.8 Å². The first-order chi connectivity index (χ1) is 17.7. The second-order valence-electron chi connectivity index (χ2n) is 10.8. The SMILES string of the molecule is COc1ccc(N2CCN([C@H](c3cc4cc(C)cc(C)c4[nH]c3=O)c3nnnn3C(C)(C)C)CC2)cc1. The molecule has 9 nitrogen and oxygen atoms in total. The average molecular weight is 502 g/mol. The van der Waals surface area contributed by atoms with Crippen LogP contribution in [0.25, 0.3) is 10.9 Å². The van der Waals surface area contributed by atoms with Crippen LogP contribution in [0.5, 0.6) is 5.75 Å². The van der Waals surface area contributed by atoms with Gasteiger partial charge >= 0.3 is 0 Å². The smallest absolute Gasteiger partial charge is 0.253 e. The van der Waals surface area contributed by atoms with Crippen LogP contribution in [0, 0.1) is 13.8 Å². The van der Waals surface area contributed by atoms with E-state index in [9.17, 15) is 4.79 Å². The van der Waals surface area contributed by atoms with E-state index in [1.165, 1.54) is 0 Å². The van der Waals surface area contributed by atoms with Crippen LogP contribution in [0.4, 0.5) is 5.69 Å². The Balaban J connectivity index is 1.55. The van der Waals surface area contributed by atoms with E-state index in [1.54, 1.807) is 7.11 Å². The molecule has 1 atom stereocenters. The Bertz CT molecular complexity index is 1460. The molecule has 2 aromatic heterocycles. The molecule has 0 spiro atoms. The Morgan fingerprint density at radius 1 is 1.00 bits per heavy atom. The normalized spacial score (nSPS) is 15.8. The minimum Gasteiger partial charge on any atom is -0.497 e. The fourth-order valence-corrected chi connectivity index (χ4v) is 5.28. The summed E-state index contributed by atoms with van der Waals surface area (Å²) in [5.41, 5.74) is 4.47. The lowest BCUT2D eigenvalue weighted by molar-refractivity contribution is 0.190. The molecule has 37 heavy (non-hydrogen) atoms. The van der Waals surface area contributed by atoms with Crippen molar-refractivity contribution in [2.24, 2.45) is 0 Å². The molecule has 2 aromatic carbocycles. The van der Waals surface area contributed by atoms with E-state index in [0.29, 0.717) is 11.4 Å². The number of ether oxygens (including phenoxy) is 1. The zero-order valence-corrected chi connectivity index (χ0v) is 22.4. The van der Waals surface area contributed by atoms with Crippen LogP contribution in [0.3, 0.4) is 0 Å². The second-order valence-corrected chi connectivity index (χ2v) is 10.8. The van der Waals surface area contributed by atoms with Crippen molar-refractivity contribution in [3.63, 3.8) is 0 Å². The molecule has 3 heterocycles. The third-order valence-electron chi connectivity index (χ3n) is 7.11. The van der Waals surface area contributed by atoms with E-state index in [-0.39, 0.29) is 17.1 Å². The van der Waals surface area contributed by atoms with Crippen molar-refractivity contribution in [2.45, 2.75) is 46.2 Å². The molecule has 1 aliphatic rings. The molecule has 4 aromatic rings. The number of nitrogens with zero attached hydrogens (tertiary/aromatic N) is 6. The summed E-state index contributed by atoms with van der Waals surface area (Å²) in [5, 5.41) is 13.8. The van der Waals surface area contributed by atoms with E-state index < -0.39 is 0 Å². The molecule has 0 saturated carbocycles. The molecule has 1 fully saturated rings. The van der Waals surface area contributed by atoms with Crippen LogP contribution in [0.1, 0.15) is 49.3 Å². The number of aromatic amines is 1. The first-order valence-electron chi connectivity index (χ1n) is 12.7. The third kappa shape index (κ3) is 4.83. The molecule has 1 saturated heterocycles. The van der Waals surface area contributed by atoms with Gasteiger partial charge in [0.05, 0.1) is 18.2 Å². The zero-order valence-electron chi connectivity index (χ0n) is 22.4. The maximum atomic E-state index is 13.6. The van der Waals surface area contributed by atoms with E-state index in [0.717, 1.165) is 59.6 Å². The number of H-pyrrole nitrogens is 1. The molecule has 0 unspecified atom stereocenters. The Morgan fingerprint density at radius 3 is 2.35 bits per heavy atom. The van der Waals surface area contributed by atoms with Gasteiger partial charge in [0.2, 0.25) is 0 Å². The van der Waals surface area contributed by atoms with E-state index >= 15 is 0 Å². The maximum absolute atomic E-state index is 13.6. The van der Waals surface area contributed by atoms with Gasteiger partial charge in [-0.2, -0.15) is 0 Å². The number of hydrogen-bond acceptors (Lipinski definition) is 7. The van der Waals surface area contributed by atoms with Crippen molar-refractivity contribution in [2.75, 3.05) is 38.2 Å². The quantitative estimate of drug-likeness (QED) is 0.445. The number of hydrogen-bond donors (Lipinski definition) is 1. The largest absolute Gasteiger partial charge is 0.497 e. The van der Waals surface area contributed by atoms with Gasteiger partial charge in [0.15, 0.2) is 5.82 Å². The summed E-state index contributed by atoms with van der Waals surface area (Å²) in [6.45, 7) is 13.5. The first kappa shape index (κ1) is 25.0. The lowest BCUT2D eigenvalue weighted by Crippen LogP contribution is -2.49. The standard InChI is InChI=1S/C28H35N7O2/c1-18-15-19(2)24-20(16-18)17-23(27(36)29-24)25(26-30-31-32-35(26)28(3,4)5)34-13-11-33(12-14-34)21-7-9-22(37-6)10-8-21/h7-10,15-17,25H,11-14H2,1-6H3,(H,29,36)/t25-/m1/s1. The van der Waals surface area contributed by atoms with Crippen LogP contribution in [-0.4, -0.2) is 63.4 Å². The summed E-state index contributed by atoms with van der Waals surface area (Å²) < 4.78 is 7.16. The van der Waals surface area contributed by atoms with Gasteiger partial charge in [-0.05, 0) is 92.4 Å². The highest BCUT2D eigenvalue weighted by Gasteiger charge is 2.35. The minimum atomic E-state index is -0.374. The first-order valence-corrected chi connectivity index (χ1v) is 12.7. The molecule has 9 heteroatoms. The van der Waals surface area contributed by atoms with E-state index in [4.69, 9.17) is 4.74 Å². The van der Waals surface area contributed by atoms with Gasteiger partial charge in [0, 0.05) is 37.4 Å². The molecule has 1 N–H and O–H groups in total. The monoisotopic (exact) mass is 501 g/mol. The van der Waals surface area contributed by atoms with Crippen LogP contribution in [0.2, 0.25) is 0 Å². The predicted octanol–water partition coefficient (Wildman–Crippen LogP) is 3.81. The molecule has 0 bridgehead atoms. The van der Waals surface area contributed by atoms with Crippen LogP contribution >= 0.6 is 0 Å².